The van der Waals surface area contributed by atoms with Gasteiger partial charge in [-0.1, -0.05) is 54.5 Å². The molecule has 0 bridgehead atoms. The minimum absolute atomic E-state index is 0.106. The summed E-state index contributed by atoms with van der Waals surface area (Å²) in [6, 6.07) is 12.7. The highest BCUT2D eigenvalue weighted by atomic mass is 35.5. The first-order valence-electron chi connectivity index (χ1n) is 10.3. The van der Waals surface area contributed by atoms with Gasteiger partial charge in [-0.3, -0.25) is 9.36 Å². The molecule has 166 valence electrons. The molecule has 0 saturated carbocycles. The van der Waals surface area contributed by atoms with Crippen molar-refractivity contribution in [1.82, 2.24) is 19.7 Å². The van der Waals surface area contributed by atoms with Crippen molar-refractivity contribution < 1.29 is 9.26 Å². The molecule has 2 aromatic carbocycles. The molecule has 0 unspecified atom stereocenters. The number of hydrogen-bond acceptors (Lipinski definition) is 7. The third-order valence-electron chi connectivity index (χ3n) is 4.65. The number of halogens is 1. The summed E-state index contributed by atoms with van der Waals surface area (Å²) in [5.41, 5.74) is 1.27. The molecule has 0 aliphatic rings. The highest BCUT2D eigenvalue weighted by Crippen LogP contribution is 2.29. The zero-order chi connectivity index (χ0) is 22.7. The first-order valence-corrected chi connectivity index (χ1v) is 11.7. The minimum atomic E-state index is -0.106. The highest BCUT2D eigenvalue weighted by Gasteiger charge is 2.17. The number of fused-ring (bicyclic) bond motifs is 1. The summed E-state index contributed by atoms with van der Waals surface area (Å²) in [4.78, 5) is 22.3. The second kappa shape index (κ2) is 9.75. The maximum absolute atomic E-state index is 13.1. The molecule has 2 aromatic heterocycles. The van der Waals surface area contributed by atoms with Gasteiger partial charge < -0.3 is 9.26 Å². The average Bonchev–Trinajstić information content (AvgIpc) is 3.24. The normalized spacial score (nSPS) is 11.4. The Morgan fingerprint density at radius 1 is 1.19 bits per heavy atom. The third kappa shape index (κ3) is 4.81. The minimum Gasteiger partial charge on any atom is -0.493 e. The zero-order valence-electron chi connectivity index (χ0n) is 18.0. The molecule has 0 aliphatic carbocycles. The Hall–Kier alpha value is -2.84. The molecule has 0 fully saturated rings. The van der Waals surface area contributed by atoms with Crippen LogP contribution in [0.4, 0.5) is 0 Å². The summed E-state index contributed by atoms with van der Waals surface area (Å²) >= 11 is 7.49. The van der Waals surface area contributed by atoms with Gasteiger partial charge in [-0.05, 0) is 43.2 Å². The van der Waals surface area contributed by atoms with Gasteiger partial charge in [0, 0.05) is 11.6 Å². The summed E-state index contributed by atoms with van der Waals surface area (Å²) in [5, 5.41) is 5.73. The van der Waals surface area contributed by atoms with Gasteiger partial charge in [0.25, 0.3) is 5.56 Å². The Kier molecular flexibility index (Phi) is 6.81. The van der Waals surface area contributed by atoms with E-state index in [-0.39, 0.29) is 11.5 Å². The van der Waals surface area contributed by atoms with E-state index in [2.05, 4.69) is 24.0 Å². The number of nitrogens with zero attached hydrogens (tertiary/aromatic N) is 4. The number of benzene rings is 2. The number of rotatable bonds is 8. The van der Waals surface area contributed by atoms with E-state index in [4.69, 9.17) is 25.8 Å². The van der Waals surface area contributed by atoms with Crippen LogP contribution in [-0.2, 0) is 12.3 Å². The van der Waals surface area contributed by atoms with Gasteiger partial charge in [0.15, 0.2) is 5.16 Å². The van der Waals surface area contributed by atoms with Crippen LogP contribution < -0.4 is 10.3 Å². The second-order valence-electron chi connectivity index (χ2n) is 7.60. The summed E-state index contributed by atoms with van der Waals surface area (Å²) in [6.07, 6.45) is 0. The summed E-state index contributed by atoms with van der Waals surface area (Å²) in [7, 11) is 0. The predicted octanol–water partition coefficient (Wildman–Crippen LogP) is 5.45. The zero-order valence-corrected chi connectivity index (χ0v) is 19.6. The van der Waals surface area contributed by atoms with Crippen LogP contribution in [0.5, 0.6) is 5.75 Å². The van der Waals surface area contributed by atoms with Crippen LogP contribution in [0.2, 0.25) is 5.02 Å². The Bertz CT molecular complexity index is 1300. The van der Waals surface area contributed by atoms with E-state index >= 15 is 0 Å². The molecule has 0 amide bonds. The van der Waals surface area contributed by atoms with Crippen LogP contribution in [-0.4, -0.2) is 26.3 Å². The lowest BCUT2D eigenvalue weighted by Crippen LogP contribution is -2.25. The monoisotopic (exact) mass is 470 g/mol. The van der Waals surface area contributed by atoms with E-state index in [9.17, 15) is 4.79 Å². The summed E-state index contributed by atoms with van der Waals surface area (Å²) in [5.74, 6) is 2.27. The molecule has 7 nitrogen and oxygen atoms in total. The van der Waals surface area contributed by atoms with E-state index in [1.165, 1.54) is 11.8 Å². The topological polar surface area (TPSA) is 83.0 Å². The fourth-order valence-electron chi connectivity index (χ4n) is 3.29. The Balaban J connectivity index is 1.62. The van der Waals surface area contributed by atoms with Crippen molar-refractivity contribution in [1.29, 1.82) is 0 Å². The van der Waals surface area contributed by atoms with E-state index in [1.54, 1.807) is 22.8 Å². The third-order valence-corrected chi connectivity index (χ3v) is 5.85. The van der Waals surface area contributed by atoms with Crippen LogP contribution in [0.25, 0.3) is 22.3 Å². The molecule has 32 heavy (non-hydrogen) atoms. The Morgan fingerprint density at radius 3 is 2.78 bits per heavy atom. The number of aromatic nitrogens is 4. The molecule has 0 spiro atoms. The van der Waals surface area contributed by atoms with Crippen molar-refractivity contribution in [3.05, 3.63) is 63.7 Å². The van der Waals surface area contributed by atoms with Gasteiger partial charge in [0.05, 0.1) is 28.8 Å². The molecular formula is C23H23ClN4O3S. The molecule has 0 atom stereocenters. The van der Waals surface area contributed by atoms with Crippen molar-refractivity contribution in [2.24, 2.45) is 5.92 Å². The van der Waals surface area contributed by atoms with Crippen molar-refractivity contribution in [2.75, 3.05) is 6.61 Å². The largest absolute Gasteiger partial charge is 0.493 e. The van der Waals surface area contributed by atoms with Gasteiger partial charge in [-0.2, -0.15) is 4.98 Å². The Morgan fingerprint density at radius 2 is 2.00 bits per heavy atom. The van der Waals surface area contributed by atoms with E-state index in [0.29, 0.717) is 57.5 Å². The predicted molar refractivity (Wildman–Crippen MR) is 126 cm³/mol. The molecule has 9 heteroatoms. The number of hydrogen-bond donors (Lipinski definition) is 0. The van der Waals surface area contributed by atoms with Gasteiger partial charge in [0.2, 0.25) is 11.7 Å². The van der Waals surface area contributed by atoms with Crippen molar-refractivity contribution >= 4 is 34.3 Å². The number of para-hydroxylation sites is 1. The summed E-state index contributed by atoms with van der Waals surface area (Å²) in [6.45, 7) is 7.14. The first kappa shape index (κ1) is 22.4. The van der Waals surface area contributed by atoms with Gasteiger partial charge in [-0.15, -0.1) is 0 Å². The number of thioether (sulfide) groups is 1. The second-order valence-corrected chi connectivity index (χ2v) is 8.97. The highest BCUT2D eigenvalue weighted by molar-refractivity contribution is 7.98. The standard InChI is InChI=1S/C23H23ClN4O3S/c1-4-30-19-8-6-5-7-16(19)21-26-20(31-27-21)13-32-23-25-18-10-9-15(24)11-17(18)22(29)28(23)12-14(2)3/h5-11,14H,4,12-13H2,1-3H3. The van der Waals surface area contributed by atoms with E-state index in [1.807, 2.05) is 31.2 Å². The van der Waals surface area contributed by atoms with Crippen molar-refractivity contribution in [2.45, 2.75) is 38.2 Å². The van der Waals surface area contributed by atoms with Gasteiger partial charge >= 0.3 is 0 Å². The molecular weight excluding hydrogens is 448 g/mol. The number of ether oxygens (including phenoxy) is 1. The summed E-state index contributed by atoms with van der Waals surface area (Å²) < 4.78 is 12.8. The lowest BCUT2D eigenvalue weighted by molar-refractivity contribution is 0.341. The van der Waals surface area contributed by atoms with Gasteiger partial charge in [-0.25, -0.2) is 4.98 Å². The van der Waals surface area contributed by atoms with Crippen LogP contribution in [0.1, 0.15) is 26.7 Å². The molecule has 2 heterocycles. The maximum Gasteiger partial charge on any atom is 0.262 e. The molecule has 4 rings (SSSR count). The molecule has 0 saturated heterocycles. The molecule has 4 aromatic rings. The maximum atomic E-state index is 13.1. The lowest BCUT2D eigenvalue weighted by atomic mass is 10.2. The molecule has 0 radical (unpaired) electrons. The van der Waals surface area contributed by atoms with E-state index in [0.717, 1.165) is 5.56 Å². The quantitative estimate of drug-likeness (QED) is 0.250. The molecule has 0 N–H and O–H groups in total. The SMILES string of the molecule is CCOc1ccccc1-c1noc(CSc2nc3ccc(Cl)cc3c(=O)n2CC(C)C)n1. The smallest absolute Gasteiger partial charge is 0.262 e. The average molecular weight is 471 g/mol. The molecule has 0 aliphatic heterocycles. The fourth-order valence-corrected chi connectivity index (χ4v) is 4.31. The van der Waals surface area contributed by atoms with Crippen molar-refractivity contribution in [3.63, 3.8) is 0 Å². The lowest BCUT2D eigenvalue weighted by Gasteiger charge is -2.14. The van der Waals surface area contributed by atoms with Crippen LogP contribution in [0, 0.1) is 5.92 Å². The van der Waals surface area contributed by atoms with Gasteiger partial charge in [0.1, 0.15) is 5.75 Å². The van der Waals surface area contributed by atoms with Crippen LogP contribution in [0.3, 0.4) is 0 Å². The fraction of sp³-hybridized carbons (Fsp3) is 0.304. The van der Waals surface area contributed by atoms with Crippen LogP contribution >= 0.6 is 23.4 Å². The van der Waals surface area contributed by atoms with Crippen molar-refractivity contribution in [3.8, 4) is 17.1 Å². The van der Waals surface area contributed by atoms with Crippen LogP contribution in [0.15, 0.2) is 56.9 Å². The van der Waals surface area contributed by atoms with E-state index < -0.39 is 0 Å². The first-order chi connectivity index (χ1) is 15.5. The Labute approximate surface area is 194 Å².